The van der Waals surface area contributed by atoms with Gasteiger partial charge in [-0.05, 0) is 50.2 Å². The molecule has 0 radical (unpaired) electrons. The van der Waals surface area contributed by atoms with E-state index in [2.05, 4.69) is 53.3 Å². The molecule has 6 heteroatoms. The second-order valence-corrected chi connectivity index (χ2v) is 7.67. The molecule has 2 N–H and O–H groups in total. The Labute approximate surface area is 172 Å². The fourth-order valence-corrected chi connectivity index (χ4v) is 3.73. The molecule has 4 rings (SSSR count). The highest BCUT2D eigenvalue weighted by Crippen LogP contribution is 2.27. The average Bonchev–Trinajstić information content (AvgIpc) is 3.43. The van der Waals surface area contributed by atoms with Crippen molar-refractivity contribution < 1.29 is 4.74 Å². The van der Waals surface area contributed by atoms with E-state index in [-0.39, 0.29) is 0 Å². The minimum Gasteiger partial charge on any atom is -0.497 e. The molecule has 1 saturated heterocycles. The summed E-state index contributed by atoms with van der Waals surface area (Å²) >= 11 is 0. The smallest absolute Gasteiger partial charge is 0.119 e. The molecule has 2 aromatic carbocycles. The summed E-state index contributed by atoms with van der Waals surface area (Å²) in [5.41, 5.74) is 10.8. The van der Waals surface area contributed by atoms with Crippen molar-refractivity contribution in [2.45, 2.75) is 13.0 Å². The standard InChI is InChI=1S/C23H29N5O/c1-27(12-11-18-14-24-25-15-18)16-20-17-28(21-8-4-3-5-9-21)26-23(20)19-7-6-10-22(13-19)29-2/h3-10,13,17-18,24-25H,11-12,14-16H2,1-2H3. The molecule has 29 heavy (non-hydrogen) atoms. The predicted octanol–water partition coefficient (Wildman–Crippen LogP) is 3.09. The number of hydrazine groups is 1. The van der Waals surface area contributed by atoms with Crippen LogP contribution < -0.4 is 15.6 Å². The van der Waals surface area contributed by atoms with Gasteiger partial charge in [-0.25, -0.2) is 4.68 Å². The van der Waals surface area contributed by atoms with Gasteiger partial charge in [0.25, 0.3) is 0 Å². The van der Waals surface area contributed by atoms with Crippen molar-refractivity contribution in [1.29, 1.82) is 0 Å². The highest BCUT2D eigenvalue weighted by molar-refractivity contribution is 5.65. The first-order chi connectivity index (χ1) is 14.2. The van der Waals surface area contributed by atoms with Gasteiger partial charge in [-0.2, -0.15) is 5.10 Å². The summed E-state index contributed by atoms with van der Waals surface area (Å²) in [4.78, 5) is 2.38. The number of methoxy groups -OCH3 is 1. The van der Waals surface area contributed by atoms with Crippen molar-refractivity contribution >= 4 is 0 Å². The van der Waals surface area contributed by atoms with Crippen LogP contribution in [0.25, 0.3) is 16.9 Å². The third-order valence-corrected chi connectivity index (χ3v) is 5.42. The van der Waals surface area contributed by atoms with E-state index in [1.807, 2.05) is 35.0 Å². The lowest BCUT2D eigenvalue weighted by molar-refractivity contribution is 0.301. The Morgan fingerprint density at radius 1 is 1.10 bits per heavy atom. The molecule has 1 fully saturated rings. The summed E-state index contributed by atoms with van der Waals surface area (Å²) in [6, 6.07) is 18.4. The van der Waals surface area contributed by atoms with Crippen LogP contribution >= 0.6 is 0 Å². The third-order valence-electron chi connectivity index (χ3n) is 5.42. The summed E-state index contributed by atoms with van der Waals surface area (Å²) in [6.07, 6.45) is 3.33. The molecule has 1 aliphatic heterocycles. The first-order valence-electron chi connectivity index (χ1n) is 10.2. The molecule has 0 spiro atoms. The highest BCUT2D eigenvalue weighted by Gasteiger charge is 2.17. The number of aromatic nitrogens is 2. The summed E-state index contributed by atoms with van der Waals surface area (Å²) in [5, 5.41) is 4.93. The molecule has 0 unspecified atom stereocenters. The number of para-hydroxylation sites is 1. The maximum absolute atomic E-state index is 5.43. The van der Waals surface area contributed by atoms with Gasteiger partial charge in [-0.3, -0.25) is 10.9 Å². The van der Waals surface area contributed by atoms with Crippen LogP contribution in [0.3, 0.4) is 0 Å². The molecular formula is C23H29N5O. The normalized spacial score (nSPS) is 14.6. The Morgan fingerprint density at radius 2 is 1.90 bits per heavy atom. The molecule has 6 nitrogen and oxygen atoms in total. The Kier molecular flexibility index (Phi) is 6.24. The monoisotopic (exact) mass is 391 g/mol. The van der Waals surface area contributed by atoms with Crippen molar-refractivity contribution in [2.75, 3.05) is 33.8 Å². The maximum atomic E-state index is 5.43. The van der Waals surface area contributed by atoms with Gasteiger partial charge < -0.3 is 9.64 Å². The van der Waals surface area contributed by atoms with Gasteiger partial charge in [0.1, 0.15) is 5.75 Å². The van der Waals surface area contributed by atoms with E-state index in [9.17, 15) is 0 Å². The van der Waals surface area contributed by atoms with Crippen LogP contribution in [-0.4, -0.2) is 48.5 Å². The van der Waals surface area contributed by atoms with Crippen LogP contribution in [0.15, 0.2) is 60.8 Å². The number of ether oxygens (including phenoxy) is 1. The number of hydrogen-bond donors (Lipinski definition) is 2. The lowest BCUT2D eigenvalue weighted by Gasteiger charge is -2.18. The molecule has 0 saturated carbocycles. The van der Waals surface area contributed by atoms with Crippen LogP contribution in [0.5, 0.6) is 5.75 Å². The first-order valence-corrected chi connectivity index (χ1v) is 10.2. The molecule has 0 atom stereocenters. The Balaban J connectivity index is 1.59. The summed E-state index contributed by atoms with van der Waals surface area (Å²) in [5.74, 6) is 1.54. The quantitative estimate of drug-likeness (QED) is 0.618. The van der Waals surface area contributed by atoms with Gasteiger partial charge in [0.15, 0.2) is 0 Å². The Hall–Kier alpha value is -2.67. The second kappa shape index (κ2) is 9.22. The van der Waals surface area contributed by atoms with Crippen molar-refractivity contribution in [3.63, 3.8) is 0 Å². The lowest BCUT2D eigenvalue weighted by atomic mass is 10.1. The second-order valence-electron chi connectivity index (χ2n) is 7.67. The number of hydrogen-bond acceptors (Lipinski definition) is 5. The molecule has 0 aliphatic carbocycles. The summed E-state index contributed by atoms with van der Waals surface area (Å²) in [7, 11) is 3.88. The van der Waals surface area contributed by atoms with Crippen LogP contribution in [0.2, 0.25) is 0 Å². The number of nitrogens with one attached hydrogen (secondary N) is 2. The predicted molar refractivity (Wildman–Crippen MR) is 116 cm³/mol. The minimum absolute atomic E-state index is 0.697. The van der Waals surface area contributed by atoms with Crippen LogP contribution in [-0.2, 0) is 6.54 Å². The zero-order valence-corrected chi connectivity index (χ0v) is 17.1. The van der Waals surface area contributed by atoms with E-state index >= 15 is 0 Å². The van der Waals surface area contributed by atoms with Gasteiger partial charge in [0, 0.05) is 37.0 Å². The third kappa shape index (κ3) is 4.85. The topological polar surface area (TPSA) is 54.4 Å². The maximum Gasteiger partial charge on any atom is 0.119 e. The molecule has 152 valence electrons. The zero-order chi connectivity index (χ0) is 20.1. The van der Waals surface area contributed by atoms with E-state index in [1.165, 1.54) is 12.0 Å². The van der Waals surface area contributed by atoms with Gasteiger partial charge in [0.2, 0.25) is 0 Å². The Bertz CT molecular complexity index is 918. The van der Waals surface area contributed by atoms with Crippen LogP contribution in [0, 0.1) is 5.92 Å². The highest BCUT2D eigenvalue weighted by atomic mass is 16.5. The van der Waals surface area contributed by atoms with Crippen molar-refractivity contribution in [2.24, 2.45) is 5.92 Å². The number of nitrogens with zero attached hydrogens (tertiary/aromatic N) is 3. The van der Waals surface area contributed by atoms with E-state index < -0.39 is 0 Å². The van der Waals surface area contributed by atoms with Gasteiger partial charge in [-0.15, -0.1) is 0 Å². The Morgan fingerprint density at radius 3 is 2.66 bits per heavy atom. The largest absolute Gasteiger partial charge is 0.497 e. The fraction of sp³-hybridized carbons (Fsp3) is 0.348. The van der Waals surface area contributed by atoms with E-state index in [1.54, 1.807) is 7.11 Å². The van der Waals surface area contributed by atoms with Gasteiger partial charge in [-0.1, -0.05) is 30.3 Å². The molecule has 1 aliphatic rings. The number of benzene rings is 2. The fourth-order valence-electron chi connectivity index (χ4n) is 3.73. The van der Waals surface area contributed by atoms with E-state index in [0.717, 1.165) is 48.9 Å². The summed E-state index contributed by atoms with van der Waals surface area (Å²) in [6.45, 7) is 4.01. The molecule has 2 heterocycles. The first kappa shape index (κ1) is 19.6. The van der Waals surface area contributed by atoms with E-state index in [0.29, 0.717) is 5.92 Å². The molecular weight excluding hydrogens is 362 g/mol. The average molecular weight is 392 g/mol. The molecule has 0 bridgehead atoms. The van der Waals surface area contributed by atoms with Crippen molar-refractivity contribution in [1.82, 2.24) is 25.5 Å². The minimum atomic E-state index is 0.697. The van der Waals surface area contributed by atoms with E-state index in [4.69, 9.17) is 9.84 Å². The SMILES string of the molecule is COc1cccc(-c2nn(-c3ccccc3)cc2CN(C)CCC2CNNC2)c1. The molecule has 1 aromatic heterocycles. The van der Waals surface area contributed by atoms with Crippen molar-refractivity contribution in [3.8, 4) is 22.7 Å². The lowest BCUT2D eigenvalue weighted by Crippen LogP contribution is -2.22. The van der Waals surface area contributed by atoms with Gasteiger partial charge >= 0.3 is 0 Å². The van der Waals surface area contributed by atoms with Crippen LogP contribution in [0.1, 0.15) is 12.0 Å². The van der Waals surface area contributed by atoms with Crippen molar-refractivity contribution in [3.05, 3.63) is 66.4 Å². The van der Waals surface area contributed by atoms with Crippen LogP contribution in [0.4, 0.5) is 0 Å². The number of rotatable bonds is 8. The molecule has 3 aromatic rings. The van der Waals surface area contributed by atoms with Gasteiger partial charge in [0.05, 0.1) is 18.5 Å². The zero-order valence-electron chi connectivity index (χ0n) is 17.1. The summed E-state index contributed by atoms with van der Waals surface area (Å²) < 4.78 is 7.40. The molecule has 0 amide bonds.